The second-order valence-electron chi connectivity index (χ2n) is 3.08. The fourth-order valence-corrected chi connectivity index (χ4v) is 2.66. The fraction of sp³-hybridized carbons (Fsp3) is 0.222. The maximum atomic E-state index is 5.85. The van der Waals surface area contributed by atoms with Crippen LogP contribution in [-0.2, 0) is 6.54 Å². The minimum absolute atomic E-state index is 0.745. The molecule has 0 radical (unpaired) electrons. The van der Waals surface area contributed by atoms with Crippen LogP contribution < -0.4 is 5.73 Å². The minimum atomic E-state index is 0.745. The van der Waals surface area contributed by atoms with Crippen molar-refractivity contribution in [2.75, 3.05) is 5.73 Å². The van der Waals surface area contributed by atoms with Crippen molar-refractivity contribution in [2.24, 2.45) is 0 Å². The van der Waals surface area contributed by atoms with E-state index in [0.717, 1.165) is 21.7 Å². The van der Waals surface area contributed by atoms with Gasteiger partial charge in [0.1, 0.15) is 5.82 Å². The Balaban J connectivity index is 2.22. The first-order valence-electron chi connectivity index (χ1n) is 4.19. The second kappa shape index (κ2) is 3.74. The van der Waals surface area contributed by atoms with Gasteiger partial charge >= 0.3 is 0 Å². The highest BCUT2D eigenvalue weighted by Gasteiger charge is 2.05. The molecule has 2 N–H and O–H groups in total. The van der Waals surface area contributed by atoms with Gasteiger partial charge in [0, 0.05) is 10.4 Å². The number of aryl methyl sites for hydroxylation is 1. The summed E-state index contributed by atoms with van der Waals surface area (Å²) >= 11 is 5.13. The van der Waals surface area contributed by atoms with Crippen LogP contribution in [0.4, 0.5) is 5.82 Å². The van der Waals surface area contributed by atoms with Gasteiger partial charge in [0.05, 0.1) is 16.5 Å². The third kappa shape index (κ3) is 1.83. The van der Waals surface area contributed by atoms with Crippen LogP contribution in [0.5, 0.6) is 0 Å². The van der Waals surface area contributed by atoms with Gasteiger partial charge in [-0.15, -0.1) is 11.3 Å². The molecule has 0 aromatic carbocycles. The normalized spacial score (nSPS) is 10.7. The van der Waals surface area contributed by atoms with Gasteiger partial charge in [0.25, 0.3) is 0 Å². The van der Waals surface area contributed by atoms with E-state index in [0.29, 0.717) is 0 Å². The number of thiophene rings is 1. The molecule has 2 aromatic heterocycles. The van der Waals surface area contributed by atoms with Gasteiger partial charge in [-0.1, -0.05) is 0 Å². The lowest BCUT2D eigenvalue weighted by atomic mass is 10.4. The molecule has 2 aromatic rings. The zero-order valence-electron chi connectivity index (χ0n) is 7.70. The molecule has 0 unspecified atom stereocenters. The van der Waals surface area contributed by atoms with Crippen molar-refractivity contribution in [1.29, 1.82) is 0 Å². The Labute approximate surface area is 94.7 Å². The van der Waals surface area contributed by atoms with E-state index >= 15 is 0 Å². The summed E-state index contributed by atoms with van der Waals surface area (Å²) in [6, 6.07) is 4.11. The first kappa shape index (κ1) is 9.73. The Morgan fingerprint density at radius 1 is 1.57 bits per heavy atom. The summed E-state index contributed by atoms with van der Waals surface area (Å²) in [5, 5.41) is 4.20. The summed E-state index contributed by atoms with van der Waals surface area (Å²) < 4.78 is 2.95. The highest BCUT2D eigenvalue weighted by Crippen LogP contribution is 2.23. The smallest absolute Gasteiger partial charge is 0.125 e. The lowest BCUT2D eigenvalue weighted by Gasteiger charge is -2.01. The van der Waals surface area contributed by atoms with Crippen LogP contribution in [0.2, 0.25) is 0 Å². The molecule has 0 saturated heterocycles. The quantitative estimate of drug-likeness (QED) is 0.913. The number of halogens is 1. The average molecular weight is 272 g/mol. The summed E-state index contributed by atoms with van der Waals surface area (Å²) in [5.74, 6) is 0.745. The Morgan fingerprint density at radius 2 is 2.36 bits per heavy atom. The molecule has 0 fully saturated rings. The summed E-state index contributed by atoms with van der Waals surface area (Å²) in [4.78, 5) is 1.24. The van der Waals surface area contributed by atoms with Crippen molar-refractivity contribution in [1.82, 2.24) is 9.78 Å². The predicted octanol–water partition coefficient (Wildman–Crippen LogP) is 2.65. The van der Waals surface area contributed by atoms with Gasteiger partial charge in [0.2, 0.25) is 0 Å². The summed E-state index contributed by atoms with van der Waals surface area (Å²) in [5.41, 5.74) is 6.88. The molecule has 0 aliphatic rings. The van der Waals surface area contributed by atoms with Crippen molar-refractivity contribution in [3.05, 3.63) is 32.6 Å². The second-order valence-corrected chi connectivity index (χ2v) is 5.62. The van der Waals surface area contributed by atoms with Crippen molar-refractivity contribution in [3.63, 3.8) is 0 Å². The Morgan fingerprint density at radius 3 is 2.86 bits per heavy atom. The molecule has 14 heavy (non-hydrogen) atoms. The molecule has 5 heteroatoms. The standard InChI is InChI=1S/C9H10BrN3S/c1-6-4-12-13(9(6)11)5-7-2-3-8(10)14-7/h2-4H,5,11H2,1H3. The molecule has 0 atom stereocenters. The summed E-state index contributed by atoms with van der Waals surface area (Å²) in [6.45, 7) is 2.71. The van der Waals surface area contributed by atoms with E-state index in [1.165, 1.54) is 4.88 Å². The van der Waals surface area contributed by atoms with Gasteiger partial charge in [-0.3, -0.25) is 0 Å². The molecule has 0 aliphatic heterocycles. The molecule has 0 aliphatic carbocycles. The number of hydrogen-bond acceptors (Lipinski definition) is 3. The fourth-order valence-electron chi connectivity index (χ4n) is 1.20. The van der Waals surface area contributed by atoms with Gasteiger partial charge in [-0.2, -0.15) is 5.10 Å². The molecule has 0 saturated carbocycles. The van der Waals surface area contributed by atoms with E-state index in [2.05, 4.69) is 27.1 Å². The molecule has 0 spiro atoms. The third-order valence-electron chi connectivity index (χ3n) is 2.01. The van der Waals surface area contributed by atoms with Crippen molar-refractivity contribution < 1.29 is 0 Å². The first-order chi connectivity index (χ1) is 6.66. The zero-order chi connectivity index (χ0) is 10.1. The zero-order valence-corrected chi connectivity index (χ0v) is 10.1. The lowest BCUT2D eigenvalue weighted by Crippen LogP contribution is -2.04. The molecule has 3 nitrogen and oxygen atoms in total. The van der Waals surface area contributed by atoms with Crippen molar-refractivity contribution in [2.45, 2.75) is 13.5 Å². The molecule has 2 heterocycles. The van der Waals surface area contributed by atoms with Crippen LogP contribution in [0.15, 0.2) is 22.1 Å². The van der Waals surface area contributed by atoms with E-state index in [1.54, 1.807) is 17.5 Å². The number of nitrogen functional groups attached to an aromatic ring is 1. The maximum Gasteiger partial charge on any atom is 0.125 e. The van der Waals surface area contributed by atoms with E-state index in [4.69, 9.17) is 5.73 Å². The SMILES string of the molecule is Cc1cnn(Cc2ccc(Br)s2)c1N. The first-order valence-corrected chi connectivity index (χ1v) is 5.80. The molecule has 0 amide bonds. The molecule has 0 bridgehead atoms. The van der Waals surface area contributed by atoms with Crippen LogP contribution >= 0.6 is 27.3 Å². The highest BCUT2D eigenvalue weighted by atomic mass is 79.9. The maximum absolute atomic E-state index is 5.85. The highest BCUT2D eigenvalue weighted by molar-refractivity contribution is 9.11. The molecular formula is C9H10BrN3S. The van der Waals surface area contributed by atoms with Crippen LogP contribution in [0, 0.1) is 6.92 Å². The average Bonchev–Trinajstić information content (AvgIpc) is 2.67. The number of aromatic nitrogens is 2. The van der Waals surface area contributed by atoms with E-state index in [-0.39, 0.29) is 0 Å². The minimum Gasteiger partial charge on any atom is -0.384 e. The summed E-state index contributed by atoms with van der Waals surface area (Å²) in [7, 11) is 0. The van der Waals surface area contributed by atoms with E-state index in [9.17, 15) is 0 Å². The van der Waals surface area contributed by atoms with E-state index in [1.807, 2.05) is 17.7 Å². The third-order valence-corrected chi connectivity index (χ3v) is 3.62. The van der Waals surface area contributed by atoms with Crippen molar-refractivity contribution >= 4 is 33.1 Å². The monoisotopic (exact) mass is 271 g/mol. The van der Waals surface area contributed by atoms with Gasteiger partial charge < -0.3 is 5.73 Å². The number of rotatable bonds is 2. The Bertz CT molecular complexity index is 447. The lowest BCUT2D eigenvalue weighted by molar-refractivity contribution is 0.705. The van der Waals surface area contributed by atoms with Gasteiger partial charge in [-0.05, 0) is 35.0 Å². The Hall–Kier alpha value is -0.810. The molecular weight excluding hydrogens is 262 g/mol. The number of nitrogens with two attached hydrogens (primary N) is 1. The molecule has 2 rings (SSSR count). The largest absolute Gasteiger partial charge is 0.384 e. The number of hydrogen-bond donors (Lipinski definition) is 1. The van der Waals surface area contributed by atoms with Crippen LogP contribution in [0.25, 0.3) is 0 Å². The predicted molar refractivity (Wildman–Crippen MR) is 62.5 cm³/mol. The topological polar surface area (TPSA) is 43.8 Å². The number of anilines is 1. The van der Waals surface area contributed by atoms with Gasteiger partial charge in [0.15, 0.2) is 0 Å². The Kier molecular flexibility index (Phi) is 2.60. The molecule has 74 valence electrons. The van der Waals surface area contributed by atoms with Crippen LogP contribution in [-0.4, -0.2) is 9.78 Å². The van der Waals surface area contributed by atoms with Gasteiger partial charge in [-0.25, -0.2) is 4.68 Å². The van der Waals surface area contributed by atoms with Crippen molar-refractivity contribution in [3.8, 4) is 0 Å². The van der Waals surface area contributed by atoms with E-state index < -0.39 is 0 Å². The van der Waals surface area contributed by atoms with Crippen LogP contribution in [0.1, 0.15) is 10.4 Å². The van der Waals surface area contributed by atoms with Crippen LogP contribution in [0.3, 0.4) is 0 Å². The number of nitrogens with zero attached hydrogens (tertiary/aromatic N) is 2. The summed E-state index contributed by atoms with van der Waals surface area (Å²) in [6.07, 6.45) is 1.79.